The summed E-state index contributed by atoms with van der Waals surface area (Å²) in [7, 11) is 0. The molecule has 0 heterocycles. The van der Waals surface area contributed by atoms with Crippen LogP contribution < -0.4 is 10.1 Å². The number of benzene rings is 2. The minimum atomic E-state index is -0.0603. The molecule has 106 valence electrons. The van der Waals surface area contributed by atoms with E-state index in [1.54, 1.807) is 0 Å². The van der Waals surface area contributed by atoms with Gasteiger partial charge in [0, 0.05) is 11.0 Å². The molecule has 2 aromatic rings. The second-order valence-corrected chi connectivity index (χ2v) is 5.72. The summed E-state index contributed by atoms with van der Waals surface area (Å²) in [6.07, 6.45) is -0.0603. The van der Waals surface area contributed by atoms with Crippen molar-refractivity contribution in [3.8, 4) is 5.75 Å². The van der Waals surface area contributed by atoms with Crippen LogP contribution in [0.5, 0.6) is 5.75 Å². The Labute approximate surface area is 133 Å². The van der Waals surface area contributed by atoms with Crippen molar-refractivity contribution in [2.75, 3.05) is 13.1 Å². The Kier molecular flexibility index (Phi) is 5.89. The van der Waals surface area contributed by atoms with E-state index >= 15 is 0 Å². The molecule has 0 spiro atoms. The summed E-state index contributed by atoms with van der Waals surface area (Å²) < 4.78 is 7.02. The van der Waals surface area contributed by atoms with Gasteiger partial charge < -0.3 is 10.1 Å². The molecule has 0 radical (unpaired) electrons. The third-order valence-corrected chi connectivity index (χ3v) is 3.70. The zero-order valence-electron chi connectivity index (χ0n) is 11.3. The SMILES string of the molecule is CCNCC(Oc1ccc(Br)cc1Cl)c1ccccc1. The first kappa shape index (κ1) is 15.4. The maximum Gasteiger partial charge on any atom is 0.138 e. The van der Waals surface area contributed by atoms with Crippen molar-refractivity contribution in [1.29, 1.82) is 0 Å². The summed E-state index contributed by atoms with van der Waals surface area (Å²) in [5.74, 6) is 0.696. The molecule has 1 atom stereocenters. The van der Waals surface area contributed by atoms with E-state index in [1.807, 2.05) is 36.4 Å². The van der Waals surface area contributed by atoms with Crippen molar-refractivity contribution in [2.45, 2.75) is 13.0 Å². The monoisotopic (exact) mass is 353 g/mol. The highest BCUT2D eigenvalue weighted by atomic mass is 79.9. The molecule has 1 unspecified atom stereocenters. The predicted octanol–water partition coefficient (Wildman–Crippen LogP) is 4.83. The Hall–Kier alpha value is -1.03. The number of likely N-dealkylation sites (N-methyl/N-ethyl adjacent to an activating group) is 1. The van der Waals surface area contributed by atoms with Gasteiger partial charge in [0.25, 0.3) is 0 Å². The van der Waals surface area contributed by atoms with Crippen LogP contribution in [0.3, 0.4) is 0 Å². The molecule has 0 saturated carbocycles. The Bertz CT molecular complexity index is 547. The highest BCUT2D eigenvalue weighted by Gasteiger charge is 2.14. The maximum absolute atomic E-state index is 6.22. The molecule has 0 aliphatic rings. The van der Waals surface area contributed by atoms with Crippen LogP contribution in [0.1, 0.15) is 18.6 Å². The van der Waals surface area contributed by atoms with Crippen molar-refractivity contribution >= 4 is 27.5 Å². The third kappa shape index (κ3) is 4.23. The second kappa shape index (κ2) is 7.67. The van der Waals surface area contributed by atoms with Gasteiger partial charge in [-0.3, -0.25) is 0 Å². The van der Waals surface area contributed by atoms with Crippen LogP contribution in [-0.2, 0) is 0 Å². The topological polar surface area (TPSA) is 21.3 Å². The van der Waals surface area contributed by atoms with Gasteiger partial charge in [-0.2, -0.15) is 0 Å². The molecule has 0 bridgehead atoms. The number of ether oxygens (including phenoxy) is 1. The lowest BCUT2D eigenvalue weighted by atomic mass is 10.1. The first-order valence-electron chi connectivity index (χ1n) is 6.58. The minimum Gasteiger partial charge on any atom is -0.483 e. The van der Waals surface area contributed by atoms with Crippen LogP contribution >= 0.6 is 27.5 Å². The lowest BCUT2D eigenvalue weighted by molar-refractivity contribution is 0.202. The molecular formula is C16H17BrClNO. The van der Waals surface area contributed by atoms with E-state index < -0.39 is 0 Å². The van der Waals surface area contributed by atoms with Crippen LogP contribution in [0.4, 0.5) is 0 Å². The number of nitrogens with one attached hydrogen (secondary N) is 1. The number of hydrogen-bond acceptors (Lipinski definition) is 2. The fourth-order valence-electron chi connectivity index (χ4n) is 1.89. The summed E-state index contributed by atoms with van der Waals surface area (Å²) in [5.41, 5.74) is 1.13. The summed E-state index contributed by atoms with van der Waals surface area (Å²) in [5, 5.41) is 3.93. The standard InChI is InChI=1S/C16H17BrClNO/c1-2-19-11-16(12-6-4-3-5-7-12)20-15-9-8-13(17)10-14(15)18/h3-10,16,19H,2,11H2,1H3. The van der Waals surface area contributed by atoms with E-state index in [0.29, 0.717) is 10.8 Å². The van der Waals surface area contributed by atoms with Gasteiger partial charge in [-0.05, 0) is 30.3 Å². The van der Waals surface area contributed by atoms with Crippen LogP contribution in [0.15, 0.2) is 53.0 Å². The Morgan fingerprint density at radius 3 is 2.60 bits per heavy atom. The van der Waals surface area contributed by atoms with E-state index in [4.69, 9.17) is 16.3 Å². The van der Waals surface area contributed by atoms with Gasteiger partial charge in [-0.25, -0.2) is 0 Å². The molecule has 0 aliphatic heterocycles. The number of rotatable bonds is 6. The third-order valence-electron chi connectivity index (χ3n) is 2.91. The first-order chi connectivity index (χ1) is 9.70. The van der Waals surface area contributed by atoms with E-state index in [-0.39, 0.29) is 6.10 Å². The summed E-state index contributed by atoms with van der Waals surface area (Å²) in [6.45, 7) is 3.72. The highest BCUT2D eigenvalue weighted by molar-refractivity contribution is 9.10. The smallest absolute Gasteiger partial charge is 0.138 e. The van der Waals surface area contributed by atoms with Gasteiger partial charge in [0.15, 0.2) is 0 Å². The first-order valence-corrected chi connectivity index (χ1v) is 7.75. The van der Waals surface area contributed by atoms with E-state index in [0.717, 1.165) is 23.1 Å². The largest absolute Gasteiger partial charge is 0.483 e. The summed E-state index contributed by atoms with van der Waals surface area (Å²) >= 11 is 9.62. The lowest BCUT2D eigenvalue weighted by Gasteiger charge is -2.20. The molecule has 0 aliphatic carbocycles. The molecule has 0 fully saturated rings. The second-order valence-electron chi connectivity index (χ2n) is 4.40. The van der Waals surface area contributed by atoms with Gasteiger partial charge in [-0.15, -0.1) is 0 Å². The maximum atomic E-state index is 6.22. The Morgan fingerprint density at radius 1 is 1.20 bits per heavy atom. The van der Waals surface area contributed by atoms with Gasteiger partial charge >= 0.3 is 0 Å². The van der Waals surface area contributed by atoms with Gasteiger partial charge in [0.2, 0.25) is 0 Å². The molecule has 0 aromatic heterocycles. The molecule has 20 heavy (non-hydrogen) atoms. The van der Waals surface area contributed by atoms with Gasteiger partial charge in [-0.1, -0.05) is 64.8 Å². The zero-order valence-corrected chi connectivity index (χ0v) is 13.6. The van der Waals surface area contributed by atoms with Crippen LogP contribution in [0.25, 0.3) is 0 Å². The fourth-order valence-corrected chi connectivity index (χ4v) is 2.61. The molecular weight excluding hydrogens is 338 g/mol. The van der Waals surface area contributed by atoms with Crippen LogP contribution in [0.2, 0.25) is 5.02 Å². The van der Waals surface area contributed by atoms with Gasteiger partial charge in [0.1, 0.15) is 11.9 Å². The van der Waals surface area contributed by atoms with E-state index in [1.165, 1.54) is 0 Å². The molecule has 2 nitrogen and oxygen atoms in total. The van der Waals surface area contributed by atoms with Crippen molar-refractivity contribution in [2.24, 2.45) is 0 Å². The van der Waals surface area contributed by atoms with E-state index in [2.05, 4.69) is 40.3 Å². The van der Waals surface area contributed by atoms with Crippen LogP contribution in [-0.4, -0.2) is 13.1 Å². The minimum absolute atomic E-state index is 0.0603. The molecule has 4 heteroatoms. The summed E-state index contributed by atoms with van der Waals surface area (Å²) in [6, 6.07) is 15.8. The number of halogens is 2. The average molecular weight is 355 g/mol. The molecule has 0 saturated heterocycles. The van der Waals surface area contributed by atoms with Crippen molar-refractivity contribution in [1.82, 2.24) is 5.32 Å². The van der Waals surface area contributed by atoms with Crippen LogP contribution in [0, 0.1) is 0 Å². The van der Waals surface area contributed by atoms with E-state index in [9.17, 15) is 0 Å². The van der Waals surface area contributed by atoms with Crippen molar-refractivity contribution in [3.63, 3.8) is 0 Å². The lowest BCUT2D eigenvalue weighted by Crippen LogP contribution is -2.25. The Balaban J connectivity index is 2.19. The highest BCUT2D eigenvalue weighted by Crippen LogP contribution is 2.31. The van der Waals surface area contributed by atoms with Crippen molar-refractivity contribution < 1.29 is 4.74 Å². The average Bonchev–Trinajstić information content (AvgIpc) is 2.46. The predicted molar refractivity (Wildman–Crippen MR) is 87.5 cm³/mol. The van der Waals surface area contributed by atoms with Crippen molar-refractivity contribution in [3.05, 3.63) is 63.6 Å². The molecule has 2 aromatic carbocycles. The quantitative estimate of drug-likeness (QED) is 0.802. The molecule has 0 amide bonds. The normalized spacial score (nSPS) is 12.2. The zero-order chi connectivity index (χ0) is 14.4. The molecule has 1 N–H and O–H groups in total. The summed E-state index contributed by atoms with van der Waals surface area (Å²) in [4.78, 5) is 0. The number of hydrogen-bond donors (Lipinski definition) is 1. The fraction of sp³-hybridized carbons (Fsp3) is 0.250. The Morgan fingerprint density at radius 2 is 1.95 bits per heavy atom. The van der Waals surface area contributed by atoms with Gasteiger partial charge in [0.05, 0.1) is 5.02 Å². The molecule has 2 rings (SSSR count).